The van der Waals surface area contributed by atoms with Gasteiger partial charge in [-0.1, -0.05) is 13.3 Å². The van der Waals surface area contributed by atoms with Gasteiger partial charge in [0.2, 0.25) is 10.0 Å². The first kappa shape index (κ1) is 24.4. The van der Waals surface area contributed by atoms with Crippen LogP contribution in [0.4, 0.5) is 0 Å². The van der Waals surface area contributed by atoms with Gasteiger partial charge in [-0.15, -0.1) is 0 Å². The molecule has 1 aliphatic heterocycles. The van der Waals surface area contributed by atoms with Crippen molar-refractivity contribution < 1.29 is 13.2 Å². The fourth-order valence-electron chi connectivity index (χ4n) is 4.23. The molecule has 3 heterocycles. The number of nitrogens with one attached hydrogen (secondary N) is 1. The van der Waals surface area contributed by atoms with Crippen molar-refractivity contribution in [3.63, 3.8) is 0 Å². The lowest BCUT2D eigenvalue weighted by Gasteiger charge is -2.31. The highest BCUT2D eigenvalue weighted by atomic mass is 32.2. The minimum absolute atomic E-state index is 0.149. The minimum Gasteiger partial charge on any atom is -0.493 e. The SMILES string of the molecule is CCCc1nn(CC)c2c(=O)[nH]c(-c3cc(S(=O)(=O)N4CCN(C)CC4)ccc3OCC)nc12. The molecule has 2 aromatic heterocycles. The van der Waals surface area contributed by atoms with Crippen LogP contribution in [0.25, 0.3) is 22.4 Å². The van der Waals surface area contributed by atoms with Crippen molar-refractivity contribution in [2.75, 3.05) is 39.8 Å². The van der Waals surface area contributed by atoms with Crippen LogP contribution in [0.3, 0.4) is 0 Å². The highest BCUT2D eigenvalue weighted by Gasteiger charge is 2.29. The molecule has 4 rings (SSSR count). The third-order valence-corrected chi connectivity index (χ3v) is 7.95. The lowest BCUT2D eigenvalue weighted by atomic mass is 10.1. The third kappa shape index (κ3) is 4.47. The standard InChI is InChI=1S/C23H32N6O4S/c1-5-8-18-20-21(29(6-2)26-18)23(30)25-22(24-20)17-15-16(9-10-19(17)33-7-3)34(31,32)28-13-11-27(4)12-14-28/h9-10,15H,5-8,11-14H2,1-4H3,(H,24,25,30). The molecule has 1 aliphatic rings. The van der Waals surface area contributed by atoms with E-state index in [9.17, 15) is 13.2 Å². The van der Waals surface area contributed by atoms with Gasteiger partial charge in [-0.2, -0.15) is 9.40 Å². The van der Waals surface area contributed by atoms with Gasteiger partial charge in [-0.3, -0.25) is 9.48 Å². The van der Waals surface area contributed by atoms with E-state index >= 15 is 0 Å². The van der Waals surface area contributed by atoms with Gasteiger partial charge >= 0.3 is 0 Å². The first-order chi connectivity index (χ1) is 16.3. The summed E-state index contributed by atoms with van der Waals surface area (Å²) in [6, 6.07) is 4.73. The number of hydrogen-bond acceptors (Lipinski definition) is 7. The molecule has 11 heteroatoms. The molecule has 3 aromatic rings. The number of hydrogen-bond donors (Lipinski definition) is 1. The third-order valence-electron chi connectivity index (χ3n) is 6.06. The molecule has 184 valence electrons. The van der Waals surface area contributed by atoms with Gasteiger partial charge in [0.05, 0.1) is 22.8 Å². The van der Waals surface area contributed by atoms with Crippen molar-refractivity contribution in [3.05, 3.63) is 34.2 Å². The van der Waals surface area contributed by atoms with E-state index in [0.717, 1.165) is 12.1 Å². The number of aromatic nitrogens is 4. The topological polar surface area (TPSA) is 113 Å². The van der Waals surface area contributed by atoms with E-state index in [1.54, 1.807) is 22.9 Å². The molecule has 1 N–H and O–H groups in total. The maximum atomic E-state index is 13.4. The van der Waals surface area contributed by atoms with Crippen LogP contribution >= 0.6 is 0 Å². The summed E-state index contributed by atoms with van der Waals surface area (Å²) < 4.78 is 35.7. The fraction of sp³-hybridized carbons (Fsp3) is 0.522. The van der Waals surface area contributed by atoms with Gasteiger partial charge in [-0.05, 0) is 45.5 Å². The number of benzene rings is 1. The van der Waals surface area contributed by atoms with Crippen LogP contribution in [0.15, 0.2) is 27.9 Å². The Morgan fingerprint density at radius 1 is 1.12 bits per heavy atom. The number of ether oxygens (including phenoxy) is 1. The number of fused-ring (bicyclic) bond motifs is 1. The largest absolute Gasteiger partial charge is 0.493 e. The molecule has 0 radical (unpaired) electrons. The Morgan fingerprint density at radius 3 is 2.50 bits per heavy atom. The fourth-order valence-corrected chi connectivity index (χ4v) is 5.67. The second-order valence-electron chi connectivity index (χ2n) is 8.42. The van der Waals surface area contributed by atoms with Crippen LogP contribution in [-0.2, 0) is 23.0 Å². The number of rotatable bonds is 8. The molecule has 0 unspecified atom stereocenters. The predicted molar refractivity (Wildman–Crippen MR) is 131 cm³/mol. The molecule has 0 saturated carbocycles. The molecule has 0 amide bonds. The summed E-state index contributed by atoms with van der Waals surface area (Å²) in [5.74, 6) is 0.728. The molecule has 0 atom stereocenters. The summed E-state index contributed by atoms with van der Waals surface area (Å²) in [5.41, 5.74) is 1.84. The zero-order chi connectivity index (χ0) is 24.5. The molecule has 1 fully saturated rings. The van der Waals surface area contributed by atoms with Crippen molar-refractivity contribution >= 4 is 21.1 Å². The van der Waals surface area contributed by atoms with Crippen molar-refractivity contribution in [2.45, 2.75) is 45.1 Å². The lowest BCUT2D eigenvalue weighted by molar-refractivity contribution is 0.222. The van der Waals surface area contributed by atoms with Gasteiger partial charge in [0.15, 0.2) is 5.52 Å². The van der Waals surface area contributed by atoms with E-state index in [2.05, 4.69) is 15.0 Å². The monoisotopic (exact) mass is 488 g/mol. The number of sulfonamides is 1. The van der Waals surface area contributed by atoms with Crippen LogP contribution in [0, 0.1) is 0 Å². The molecule has 34 heavy (non-hydrogen) atoms. The van der Waals surface area contributed by atoms with Gasteiger partial charge < -0.3 is 14.6 Å². The second kappa shape index (κ2) is 9.85. The highest BCUT2D eigenvalue weighted by Crippen LogP contribution is 2.32. The second-order valence-corrected chi connectivity index (χ2v) is 10.4. The van der Waals surface area contributed by atoms with Crippen molar-refractivity contribution in [3.8, 4) is 17.1 Å². The van der Waals surface area contributed by atoms with Crippen LogP contribution < -0.4 is 10.3 Å². The maximum absolute atomic E-state index is 13.4. The molecule has 0 aliphatic carbocycles. The Hall–Kier alpha value is -2.76. The number of aryl methyl sites for hydroxylation is 2. The minimum atomic E-state index is -3.70. The number of piperazine rings is 1. The van der Waals surface area contributed by atoms with E-state index < -0.39 is 10.0 Å². The van der Waals surface area contributed by atoms with Gasteiger partial charge in [0, 0.05) is 32.7 Å². The summed E-state index contributed by atoms with van der Waals surface area (Å²) in [4.78, 5) is 22.9. The first-order valence-corrected chi connectivity index (χ1v) is 13.2. The molecule has 10 nitrogen and oxygen atoms in total. The smallest absolute Gasteiger partial charge is 0.277 e. The Morgan fingerprint density at radius 2 is 1.85 bits per heavy atom. The molecular formula is C23H32N6O4S. The average molecular weight is 489 g/mol. The van der Waals surface area contributed by atoms with Crippen LogP contribution in [0.2, 0.25) is 0 Å². The summed E-state index contributed by atoms with van der Waals surface area (Å²) in [6.45, 7) is 8.97. The number of H-pyrrole nitrogens is 1. The maximum Gasteiger partial charge on any atom is 0.277 e. The van der Waals surface area contributed by atoms with E-state index in [0.29, 0.717) is 68.1 Å². The summed E-state index contributed by atoms with van der Waals surface area (Å²) in [7, 11) is -1.73. The van der Waals surface area contributed by atoms with E-state index in [-0.39, 0.29) is 16.3 Å². The molecule has 0 spiro atoms. The van der Waals surface area contributed by atoms with Crippen molar-refractivity contribution in [1.82, 2.24) is 29.0 Å². The average Bonchev–Trinajstić information content (AvgIpc) is 3.18. The first-order valence-electron chi connectivity index (χ1n) is 11.8. The zero-order valence-electron chi connectivity index (χ0n) is 20.2. The number of likely N-dealkylation sites (N-methyl/N-ethyl adjacent to an activating group) is 1. The van der Waals surface area contributed by atoms with Gasteiger partial charge in [0.1, 0.15) is 17.1 Å². The number of aromatic amines is 1. The van der Waals surface area contributed by atoms with Gasteiger partial charge in [-0.25, -0.2) is 13.4 Å². The zero-order valence-corrected chi connectivity index (χ0v) is 21.0. The molecule has 0 bridgehead atoms. The Kier molecular flexibility index (Phi) is 7.06. The summed E-state index contributed by atoms with van der Waals surface area (Å²) in [6.07, 6.45) is 1.55. The van der Waals surface area contributed by atoms with Crippen LogP contribution in [0.1, 0.15) is 32.9 Å². The molecule has 1 saturated heterocycles. The summed E-state index contributed by atoms with van der Waals surface area (Å²) in [5, 5.41) is 4.57. The summed E-state index contributed by atoms with van der Waals surface area (Å²) >= 11 is 0. The van der Waals surface area contributed by atoms with Crippen LogP contribution in [-0.4, -0.2) is 77.2 Å². The van der Waals surface area contributed by atoms with Crippen molar-refractivity contribution in [2.24, 2.45) is 0 Å². The van der Waals surface area contributed by atoms with E-state index in [4.69, 9.17) is 9.72 Å². The lowest BCUT2D eigenvalue weighted by Crippen LogP contribution is -2.47. The molecule has 1 aromatic carbocycles. The van der Waals surface area contributed by atoms with Gasteiger partial charge in [0.25, 0.3) is 5.56 Å². The Labute approximate surface area is 199 Å². The highest BCUT2D eigenvalue weighted by molar-refractivity contribution is 7.89. The Balaban J connectivity index is 1.86. The number of nitrogens with zero attached hydrogens (tertiary/aromatic N) is 5. The van der Waals surface area contributed by atoms with Crippen LogP contribution in [0.5, 0.6) is 5.75 Å². The quantitative estimate of drug-likeness (QED) is 0.516. The predicted octanol–water partition coefficient (Wildman–Crippen LogP) is 2.09. The Bertz CT molecular complexity index is 1340. The normalized spacial score (nSPS) is 15.8. The van der Waals surface area contributed by atoms with E-state index in [1.165, 1.54) is 4.31 Å². The van der Waals surface area contributed by atoms with E-state index in [1.807, 2.05) is 27.8 Å². The molecular weight excluding hydrogens is 456 g/mol. The van der Waals surface area contributed by atoms with Crippen molar-refractivity contribution in [1.29, 1.82) is 0 Å².